The van der Waals surface area contributed by atoms with Crippen LogP contribution in [0.1, 0.15) is 11.1 Å². The van der Waals surface area contributed by atoms with Crippen molar-refractivity contribution in [3.8, 4) is 11.1 Å². The molecule has 5 N–H and O–H groups in total. The average molecular weight is 499 g/mol. The number of nitrogens with zero attached hydrogens (tertiary/aromatic N) is 2. The van der Waals surface area contributed by atoms with Gasteiger partial charge in [0.15, 0.2) is 5.84 Å². The minimum absolute atomic E-state index is 0.0207. The lowest BCUT2D eigenvalue weighted by Crippen LogP contribution is -2.20. The summed E-state index contributed by atoms with van der Waals surface area (Å²) < 4.78 is 25.8. The lowest BCUT2D eigenvalue weighted by molar-refractivity contribution is 0.318. The summed E-state index contributed by atoms with van der Waals surface area (Å²) in [6, 6.07) is 26.6. The number of primary sulfonamides is 1. The Kier molecular flexibility index (Phi) is 5.79. The van der Waals surface area contributed by atoms with E-state index in [9.17, 15) is 13.2 Å². The second kappa shape index (κ2) is 8.95. The fourth-order valence-corrected chi connectivity index (χ4v) is 5.14. The van der Waals surface area contributed by atoms with Crippen molar-refractivity contribution in [1.82, 2.24) is 4.57 Å². The summed E-state index contributed by atoms with van der Waals surface area (Å²) in [4.78, 5) is 12.9. The van der Waals surface area contributed by atoms with E-state index in [4.69, 9.17) is 16.1 Å². The van der Waals surface area contributed by atoms with E-state index in [0.29, 0.717) is 28.8 Å². The van der Waals surface area contributed by atoms with Crippen molar-refractivity contribution in [1.29, 1.82) is 0 Å². The van der Waals surface area contributed by atoms with Crippen molar-refractivity contribution in [3.63, 3.8) is 0 Å². The van der Waals surface area contributed by atoms with Gasteiger partial charge in [-0.05, 0) is 63.7 Å². The highest BCUT2D eigenvalue weighted by Gasteiger charge is 2.15. The molecule has 180 valence electrons. The number of amidine groups is 1. The zero-order valence-electron chi connectivity index (χ0n) is 19.0. The van der Waals surface area contributed by atoms with Gasteiger partial charge in [0.25, 0.3) is 5.56 Å². The van der Waals surface area contributed by atoms with Crippen LogP contribution < -0.4 is 16.4 Å². The topological polar surface area (TPSA) is 141 Å². The first-order valence-corrected chi connectivity index (χ1v) is 12.6. The third-order valence-electron chi connectivity index (χ3n) is 6.14. The average Bonchev–Trinajstić information content (AvgIpc) is 2.88. The Morgan fingerprint density at radius 3 is 2.39 bits per heavy atom. The highest BCUT2D eigenvalue weighted by molar-refractivity contribution is 7.89. The molecular weight excluding hydrogens is 476 g/mol. The van der Waals surface area contributed by atoms with Crippen molar-refractivity contribution in [2.75, 3.05) is 0 Å². The standard InChI is InChI=1S/C27H22N4O4S/c28-27(30-33)21-8-7-18-6-5-17(13-22(18)15-21)16-31-24-11-9-19(14-20(24)10-12-26(31)32)23-3-1-2-4-25(23)36(29,34)35/h1-15,33H,16H2,(H2,28,30)(H2,29,34,35). The van der Waals surface area contributed by atoms with E-state index < -0.39 is 10.0 Å². The highest BCUT2D eigenvalue weighted by Crippen LogP contribution is 2.29. The van der Waals surface area contributed by atoms with Crippen LogP contribution in [0.2, 0.25) is 0 Å². The number of oxime groups is 1. The Balaban J connectivity index is 1.58. The van der Waals surface area contributed by atoms with Gasteiger partial charge in [-0.25, -0.2) is 13.6 Å². The number of benzene rings is 4. The number of aromatic nitrogens is 1. The van der Waals surface area contributed by atoms with Crippen molar-refractivity contribution in [2.24, 2.45) is 16.0 Å². The van der Waals surface area contributed by atoms with Gasteiger partial charge in [-0.1, -0.05) is 53.7 Å². The lowest BCUT2D eigenvalue weighted by Gasteiger charge is -2.13. The van der Waals surface area contributed by atoms with Gasteiger partial charge < -0.3 is 15.5 Å². The van der Waals surface area contributed by atoms with Crippen LogP contribution in [0.5, 0.6) is 0 Å². The SMILES string of the molecule is N/C(=N\O)c1ccc2ccc(Cn3c(=O)ccc4cc(-c5ccccc5S(N)(=O)=O)ccc43)cc2c1. The Morgan fingerprint density at radius 2 is 1.61 bits per heavy atom. The van der Waals surface area contributed by atoms with E-state index in [2.05, 4.69) is 5.16 Å². The molecule has 36 heavy (non-hydrogen) atoms. The molecule has 1 heterocycles. The third kappa shape index (κ3) is 4.33. The minimum atomic E-state index is -3.90. The number of rotatable bonds is 5. The molecule has 5 aromatic rings. The molecule has 4 aromatic carbocycles. The first kappa shape index (κ1) is 23.3. The monoisotopic (exact) mass is 498 g/mol. The summed E-state index contributed by atoms with van der Waals surface area (Å²) in [5.41, 5.74) is 8.95. The van der Waals surface area contributed by atoms with E-state index in [1.54, 1.807) is 41.0 Å². The summed E-state index contributed by atoms with van der Waals surface area (Å²) in [5, 5.41) is 20.1. The normalized spacial score (nSPS) is 12.3. The number of pyridine rings is 1. The van der Waals surface area contributed by atoms with Crippen molar-refractivity contribution in [2.45, 2.75) is 11.4 Å². The third-order valence-corrected chi connectivity index (χ3v) is 7.11. The summed E-state index contributed by atoms with van der Waals surface area (Å²) in [6.07, 6.45) is 0. The number of hydrogen-bond acceptors (Lipinski definition) is 5. The molecule has 1 aromatic heterocycles. The van der Waals surface area contributed by atoms with Gasteiger partial charge in [-0.3, -0.25) is 4.79 Å². The highest BCUT2D eigenvalue weighted by atomic mass is 32.2. The van der Waals surface area contributed by atoms with Crippen LogP contribution in [0.3, 0.4) is 0 Å². The molecule has 0 aliphatic rings. The van der Waals surface area contributed by atoms with E-state index >= 15 is 0 Å². The number of nitrogens with two attached hydrogens (primary N) is 2. The Morgan fingerprint density at radius 1 is 0.861 bits per heavy atom. The summed E-state index contributed by atoms with van der Waals surface area (Å²) >= 11 is 0. The Hall–Kier alpha value is -4.47. The lowest BCUT2D eigenvalue weighted by atomic mass is 10.0. The van der Waals surface area contributed by atoms with Crippen molar-refractivity contribution >= 4 is 37.5 Å². The van der Waals surface area contributed by atoms with E-state index in [1.165, 1.54) is 12.1 Å². The van der Waals surface area contributed by atoms with E-state index in [0.717, 1.165) is 21.7 Å². The van der Waals surface area contributed by atoms with Gasteiger partial charge in [0.1, 0.15) is 0 Å². The zero-order chi connectivity index (χ0) is 25.4. The van der Waals surface area contributed by atoms with Crippen LogP contribution in [-0.2, 0) is 16.6 Å². The van der Waals surface area contributed by atoms with Gasteiger partial charge in [0, 0.05) is 17.2 Å². The van der Waals surface area contributed by atoms with Crippen LogP contribution in [-0.4, -0.2) is 24.0 Å². The molecule has 0 bridgehead atoms. The number of hydrogen-bond donors (Lipinski definition) is 3. The van der Waals surface area contributed by atoms with Crippen molar-refractivity contribution in [3.05, 3.63) is 112 Å². The van der Waals surface area contributed by atoms with Gasteiger partial charge in [0.05, 0.1) is 17.0 Å². The summed E-state index contributed by atoms with van der Waals surface area (Å²) in [5.74, 6) is 0.0207. The number of sulfonamides is 1. The molecule has 0 fully saturated rings. The second-order valence-electron chi connectivity index (χ2n) is 8.45. The predicted molar refractivity (Wildman–Crippen MR) is 141 cm³/mol. The molecule has 0 unspecified atom stereocenters. The van der Waals surface area contributed by atoms with Gasteiger partial charge in [-0.15, -0.1) is 0 Å². The van der Waals surface area contributed by atoms with Crippen LogP contribution in [0.4, 0.5) is 0 Å². The van der Waals surface area contributed by atoms with Crippen molar-refractivity contribution < 1.29 is 13.6 Å². The van der Waals surface area contributed by atoms with Gasteiger partial charge in [0.2, 0.25) is 10.0 Å². The summed E-state index contributed by atoms with van der Waals surface area (Å²) in [6.45, 7) is 0.326. The maximum atomic E-state index is 12.8. The second-order valence-corrected chi connectivity index (χ2v) is 9.98. The molecule has 0 amide bonds. The fraction of sp³-hybridized carbons (Fsp3) is 0.0370. The molecule has 0 radical (unpaired) electrons. The molecule has 0 saturated carbocycles. The van der Waals surface area contributed by atoms with E-state index in [1.807, 2.05) is 42.5 Å². The molecule has 0 aliphatic heterocycles. The first-order chi connectivity index (χ1) is 17.2. The van der Waals surface area contributed by atoms with E-state index in [-0.39, 0.29) is 16.3 Å². The van der Waals surface area contributed by atoms with Crippen LogP contribution in [0.25, 0.3) is 32.8 Å². The molecule has 5 rings (SSSR count). The van der Waals surface area contributed by atoms with Crippen LogP contribution in [0.15, 0.2) is 106 Å². The molecular formula is C27H22N4O4S. The maximum Gasteiger partial charge on any atom is 0.251 e. The summed E-state index contributed by atoms with van der Waals surface area (Å²) in [7, 11) is -3.90. The maximum absolute atomic E-state index is 12.8. The smallest absolute Gasteiger partial charge is 0.251 e. The molecule has 0 aliphatic carbocycles. The Bertz CT molecular complexity index is 1840. The molecule has 9 heteroatoms. The largest absolute Gasteiger partial charge is 0.409 e. The molecule has 0 atom stereocenters. The first-order valence-electron chi connectivity index (χ1n) is 11.0. The Labute approximate surface area is 206 Å². The van der Waals surface area contributed by atoms with Gasteiger partial charge in [-0.2, -0.15) is 0 Å². The fourth-order valence-electron chi connectivity index (χ4n) is 4.38. The predicted octanol–water partition coefficient (Wildman–Crippen LogP) is 3.61. The minimum Gasteiger partial charge on any atom is -0.409 e. The zero-order valence-corrected chi connectivity index (χ0v) is 19.8. The molecule has 0 saturated heterocycles. The van der Waals surface area contributed by atoms with Crippen LogP contribution in [0, 0.1) is 0 Å². The number of fused-ring (bicyclic) bond motifs is 2. The molecule has 0 spiro atoms. The van der Waals surface area contributed by atoms with Gasteiger partial charge >= 0.3 is 0 Å². The quantitative estimate of drug-likeness (QED) is 0.147. The van der Waals surface area contributed by atoms with Crippen LogP contribution >= 0.6 is 0 Å². The molecule has 8 nitrogen and oxygen atoms in total.